The highest BCUT2D eigenvalue weighted by molar-refractivity contribution is 5.94. The van der Waals surface area contributed by atoms with E-state index in [2.05, 4.69) is 10.3 Å². The largest absolute Gasteiger partial charge is 0.379 e. The number of H-pyrrole nitrogens is 1. The van der Waals surface area contributed by atoms with E-state index < -0.39 is 0 Å². The molecule has 1 aromatic heterocycles. The first-order valence-electron chi connectivity index (χ1n) is 8.37. The molecule has 25 heavy (non-hydrogen) atoms. The van der Waals surface area contributed by atoms with Crippen molar-refractivity contribution >= 4 is 5.91 Å². The van der Waals surface area contributed by atoms with Crippen LogP contribution in [0, 0.1) is 6.92 Å². The summed E-state index contributed by atoms with van der Waals surface area (Å²) < 4.78 is 11.4. The monoisotopic (exact) mass is 342 g/mol. The van der Waals surface area contributed by atoms with Crippen molar-refractivity contribution in [2.45, 2.75) is 32.1 Å². The predicted molar refractivity (Wildman–Crippen MR) is 93.5 cm³/mol. The molecule has 1 fully saturated rings. The SMILES string of the molecule is Cc1ccc(C(=O)NC2CCOCC2OCc2ccccc2)c(=O)[nH]1. The van der Waals surface area contributed by atoms with E-state index in [4.69, 9.17) is 9.47 Å². The molecule has 0 aliphatic carbocycles. The Morgan fingerprint density at radius 3 is 2.84 bits per heavy atom. The lowest BCUT2D eigenvalue weighted by molar-refractivity contribution is -0.0736. The molecule has 132 valence electrons. The molecule has 1 aromatic carbocycles. The molecule has 0 radical (unpaired) electrons. The Bertz CT molecular complexity index is 772. The molecule has 2 N–H and O–H groups in total. The maximum absolute atomic E-state index is 12.4. The van der Waals surface area contributed by atoms with Crippen molar-refractivity contribution in [3.05, 3.63) is 69.6 Å². The van der Waals surface area contributed by atoms with Crippen molar-refractivity contribution in [2.75, 3.05) is 13.2 Å². The molecule has 1 saturated heterocycles. The van der Waals surface area contributed by atoms with Crippen molar-refractivity contribution in [1.82, 2.24) is 10.3 Å². The van der Waals surface area contributed by atoms with Crippen molar-refractivity contribution in [1.29, 1.82) is 0 Å². The van der Waals surface area contributed by atoms with E-state index in [-0.39, 0.29) is 29.2 Å². The highest BCUT2D eigenvalue weighted by Crippen LogP contribution is 2.14. The van der Waals surface area contributed by atoms with Crippen LogP contribution in [0.4, 0.5) is 0 Å². The quantitative estimate of drug-likeness (QED) is 0.868. The van der Waals surface area contributed by atoms with Crippen molar-refractivity contribution < 1.29 is 14.3 Å². The van der Waals surface area contributed by atoms with Gasteiger partial charge in [-0.3, -0.25) is 9.59 Å². The highest BCUT2D eigenvalue weighted by Gasteiger charge is 2.28. The van der Waals surface area contributed by atoms with Crippen LogP contribution in [0.3, 0.4) is 0 Å². The van der Waals surface area contributed by atoms with Crippen molar-refractivity contribution in [3.8, 4) is 0 Å². The van der Waals surface area contributed by atoms with E-state index in [0.717, 1.165) is 11.3 Å². The molecule has 1 aliphatic heterocycles. The summed E-state index contributed by atoms with van der Waals surface area (Å²) in [5.41, 5.74) is 1.51. The Morgan fingerprint density at radius 2 is 2.08 bits per heavy atom. The summed E-state index contributed by atoms with van der Waals surface area (Å²) in [4.78, 5) is 27.0. The number of hydrogen-bond donors (Lipinski definition) is 2. The van der Waals surface area contributed by atoms with E-state index >= 15 is 0 Å². The predicted octanol–water partition coefficient (Wildman–Crippen LogP) is 1.79. The van der Waals surface area contributed by atoms with Gasteiger partial charge in [0.15, 0.2) is 0 Å². The first-order chi connectivity index (χ1) is 12.1. The molecule has 6 heteroatoms. The minimum Gasteiger partial charge on any atom is -0.379 e. The summed E-state index contributed by atoms with van der Waals surface area (Å²) in [6.45, 7) is 3.20. The molecule has 3 rings (SSSR count). The van der Waals surface area contributed by atoms with Crippen LogP contribution in [-0.4, -0.2) is 36.3 Å². The van der Waals surface area contributed by atoms with Crippen LogP contribution in [0.25, 0.3) is 0 Å². The molecule has 0 bridgehead atoms. The van der Waals surface area contributed by atoms with E-state index in [0.29, 0.717) is 26.2 Å². The second-order valence-electron chi connectivity index (χ2n) is 6.16. The first-order valence-corrected chi connectivity index (χ1v) is 8.37. The maximum Gasteiger partial charge on any atom is 0.260 e. The van der Waals surface area contributed by atoms with Crippen LogP contribution < -0.4 is 10.9 Å². The summed E-state index contributed by atoms with van der Waals surface area (Å²) in [5.74, 6) is -0.388. The lowest BCUT2D eigenvalue weighted by Gasteiger charge is -2.32. The Hall–Kier alpha value is -2.44. The molecule has 2 unspecified atom stereocenters. The number of hydrogen-bond acceptors (Lipinski definition) is 4. The molecule has 1 amide bonds. The van der Waals surface area contributed by atoms with Gasteiger partial charge in [-0.25, -0.2) is 0 Å². The Morgan fingerprint density at radius 1 is 1.28 bits per heavy atom. The molecule has 6 nitrogen and oxygen atoms in total. The van der Waals surface area contributed by atoms with Gasteiger partial charge < -0.3 is 19.8 Å². The fourth-order valence-corrected chi connectivity index (χ4v) is 2.82. The van der Waals surface area contributed by atoms with Crippen LogP contribution in [-0.2, 0) is 16.1 Å². The van der Waals surface area contributed by atoms with Gasteiger partial charge in [0.2, 0.25) is 0 Å². The van der Waals surface area contributed by atoms with Gasteiger partial charge in [-0.15, -0.1) is 0 Å². The first kappa shape index (κ1) is 17.4. The molecule has 2 aromatic rings. The zero-order chi connectivity index (χ0) is 17.6. The van der Waals surface area contributed by atoms with Gasteiger partial charge in [0, 0.05) is 12.3 Å². The highest BCUT2D eigenvalue weighted by atomic mass is 16.5. The van der Waals surface area contributed by atoms with E-state index in [1.807, 2.05) is 30.3 Å². The number of carbonyl (C=O) groups is 1. The summed E-state index contributed by atoms with van der Waals surface area (Å²) in [7, 11) is 0. The fourth-order valence-electron chi connectivity index (χ4n) is 2.82. The Labute approximate surface area is 146 Å². The zero-order valence-corrected chi connectivity index (χ0v) is 14.2. The van der Waals surface area contributed by atoms with E-state index in [1.165, 1.54) is 0 Å². The fraction of sp³-hybridized carbons (Fsp3) is 0.368. The van der Waals surface area contributed by atoms with Gasteiger partial charge in [0.25, 0.3) is 11.5 Å². The number of nitrogens with one attached hydrogen (secondary N) is 2. The molecule has 0 saturated carbocycles. The third-order valence-corrected chi connectivity index (χ3v) is 4.23. The summed E-state index contributed by atoms with van der Waals surface area (Å²) in [6.07, 6.45) is 0.400. The molecular formula is C19H22N2O4. The van der Waals surface area contributed by atoms with Gasteiger partial charge in [-0.1, -0.05) is 30.3 Å². The Balaban J connectivity index is 1.64. The normalized spacial score (nSPS) is 20.2. The average Bonchev–Trinajstić information content (AvgIpc) is 2.61. The summed E-state index contributed by atoms with van der Waals surface area (Å²) >= 11 is 0. The number of aromatic nitrogens is 1. The minimum absolute atomic E-state index is 0.110. The number of amides is 1. The number of aryl methyl sites for hydroxylation is 1. The minimum atomic E-state index is -0.388. The Kier molecular flexibility index (Phi) is 5.63. The summed E-state index contributed by atoms with van der Waals surface area (Å²) in [6, 6.07) is 12.9. The number of pyridine rings is 1. The topological polar surface area (TPSA) is 80.4 Å². The zero-order valence-electron chi connectivity index (χ0n) is 14.2. The molecule has 2 atom stereocenters. The maximum atomic E-state index is 12.4. The molecule has 1 aliphatic rings. The van der Waals surface area contributed by atoms with Crippen LogP contribution >= 0.6 is 0 Å². The second-order valence-corrected chi connectivity index (χ2v) is 6.16. The van der Waals surface area contributed by atoms with Crippen LogP contribution in [0.2, 0.25) is 0 Å². The van der Waals surface area contributed by atoms with Crippen LogP contribution in [0.5, 0.6) is 0 Å². The van der Waals surface area contributed by atoms with Gasteiger partial charge in [0.05, 0.1) is 19.3 Å². The lowest BCUT2D eigenvalue weighted by Crippen LogP contribution is -2.50. The van der Waals surface area contributed by atoms with Gasteiger partial charge >= 0.3 is 0 Å². The summed E-state index contributed by atoms with van der Waals surface area (Å²) in [5, 5.41) is 2.92. The van der Waals surface area contributed by atoms with Crippen LogP contribution in [0.15, 0.2) is 47.3 Å². The molecule has 2 heterocycles. The van der Waals surface area contributed by atoms with E-state index in [1.54, 1.807) is 19.1 Å². The third kappa shape index (κ3) is 4.55. The van der Waals surface area contributed by atoms with Gasteiger partial charge in [0.1, 0.15) is 11.7 Å². The van der Waals surface area contributed by atoms with Crippen molar-refractivity contribution in [2.24, 2.45) is 0 Å². The lowest BCUT2D eigenvalue weighted by atomic mass is 10.1. The number of aromatic amines is 1. The average molecular weight is 342 g/mol. The van der Waals surface area contributed by atoms with Crippen molar-refractivity contribution in [3.63, 3.8) is 0 Å². The number of carbonyl (C=O) groups excluding carboxylic acids is 1. The number of ether oxygens (including phenoxy) is 2. The molecule has 0 spiro atoms. The van der Waals surface area contributed by atoms with E-state index in [9.17, 15) is 9.59 Å². The standard InChI is InChI=1S/C19H22N2O4/c1-13-7-8-15(18(22)20-13)19(23)21-16-9-10-24-12-17(16)25-11-14-5-3-2-4-6-14/h2-8,16-17H,9-12H2,1H3,(H,20,22)(H,21,23). The third-order valence-electron chi connectivity index (χ3n) is 4.23. The van der Waals surface area contributed by atoms with Gasteiger partial charge in [-0.2, -0.15) is 0 Å². The van der Waals surface area contributed by atoms with Gasteiger partial charge in [-0.05, 0) is 31.0 Å². The second kappa shape index (κ2) is 8.09. The smallest absolute Gasteiger partial charge is 0.260 e. The molecular weight excluding hydrogens is 320 g/mol. The number of benzene rings is 1. The van der Waals surface area contributed by atoms with Crippen LogP contribution in [0.1, 0.15) is 28.0 Å². The number of rotatable bonds is 5.